The number of nitrogens with zero attached hydrogens (tertiary/aromatic N) is 3. The first-order valence-corrected chi connectivity index (χ1v) is 14.1. The molecule has 9 nitrogen and oxygen atoms in total. The molecule has 0 atom stereocenters. The van der Waals surface area contributed by atoms with E-state index in [1.807, 2.05) is 68.4 Å². The molecule has 0 aliphatic carbocycles. The van der Waals surface area contributed by atoms with Gasteiger partial charge in [-0.05, 0) is 79.8 Å². The van der Waals surface area contributed by atoms with Crippen LogP contribution in [0.5, 0.6) is 0 Å². The Morgan fingerprint density at radius 2 is 1.68 bits per heavy atom. The summed E-state index contributed by atoms with van der Waals surface area (Å²) in [6.45, 7) is 7.43. The number of fused-ring (bicyclic) bond motifs is 1. The molecule has 3 aromatic heterocycles. The molecule has 0 unspecified atom stereocenters. The molecule has 9 heteroatoms. The van der Waals surface area contributed by atoms with Gasteiger partial charge in [-0.15, -0.1) is 0 Å². The Morgan fingerprint density at radius 1 is 0.932 bits per heavy atom. The summed E-state index contributed by atoms with van der Waals surface area (Å²) >= 11 is 0. The summed E-state index contributed by atoms with van der Waals surface area (Å²) in [5.41, 5.74) is 5.42. The van der Waals surface area contributed by atoms with Crippen molar-refractivity contribution in [1.82, 2.24) is 14.9 Å². The van der Waals surface area contributed by atoms with Gasteiger partial charge in [-0.2, -0.15) is 0 Å². The molecule has 0 aliphatic rings. The van der Waals surface area contributed by atoms with Crippen LogP contribution in [0.3, 0.4) is 0 Å². The van der Waals surface area contributed by atoms with Crippen LogP contribution in [0, 0.1) is 13.8 Å². The maximum atomic E-state index is 14.3. The summed E-state index contributed by atoms with van der Waals surface area (Å²) in [5, 5.41) is 9.67. The molecule has 5 aromatic rings. The summed E-state index contributed by atoms with van der Waals surface area (Å²) in [6.07, 6.45) is 1.64. The van der Waals surface area contributed by atoms with Crippen LogP contribution in [-0.2, 0) is 28.0 Å². The summed E-state index contributed by atoms with van der Waals surface area (Å²) in [4.78, 5) is 48.8. The fraction of sp³-hybridized carbons (Fsp3) is 0.229. The van der Waals surface area contributed by atoms with E-state index in [1.54, 1.807) is 37.1 Å². The lowest BCUT2D eigenvalue weighted by Crippen LogP contribution is -2.31. The number of amides is 1. The van der Waals surface area contributed by atoms with E-state index in [0.717, 1.165) is 27.9 Å². The summed E-state index contributed by atoms with van der Waals surface area (Å²) in [7, 11) is 1.28. The predicted octanol–water partition coefficient (Wildman–Crippen LogP) is 6.50. The van der Waals surface area contributed by atoms with E-state index < -0.39 is 17.4 Å². The van der Waals surface area contributed by atoms with Gasteiger partial charge in [0.05, 0.1) is 30.1 Å². The van der Waals surface area contributed by atoms with Gasteiger partial charge in [-0.1, -0.05) is 48.5 Å². The van der Waals surface area contributed by atoms with Crippen LogP contribution in [0.25, 0.3) is 22.2 Å². The van der Waals surface area contributed by atoms with Gasteiger partial charge in [0.2, 0.25) is 5.76 Å². The van der Waals surface area contributed by atoms with Crippen molar-refractivity contribution in [1.29, 1.82) is 0 Å². The third-order valence-electron chi connectivity index (χ3n) is 7.90. The molecular formula is C35H33N3O6. The molecule has 0 bridgehead atoms. The number of hydrogen-bond donors (Lipinski definition) is 1. The Hall–Kier alpha value is -5.31. The molecule has 0 saturated carbocycles. The van der Waals surface area contributed by atoms with E-state index in [1.165, 1.54) is 13.2 Å². The molecule has 0 radical (unpaired) electrons. The van der Waals surface area contributed by atoms with E-state index in [2.05, 4.69) is 9.97 Å². The number of benzene rings is 2. The standard InChI is InChI=1S/C35H33N3O6/c1-21-22(2)37-28-10-7-17-36-31(28)30(21)32(39)38(20-27-15-16-29(44-27)33(40)43-5)19-23-11-13-24(14-12-23)25-8-6-9-26(18-25)35(3,4)34(41)42/h6-18H,19-20H2,1-5H3,(H,41,42). The Balaban J connectivity index is 1.49. The maximum Gasteiger partial charge on any atom is 0.373 e. The molecule has 44 heavy (non-hydrogen) atoms. The third kappa shape index (κ3) is 5.94. The second kappa shape index (κ2) is 12.1. The zero-order chi connectivity index (χ0) is 31.6. The Labute approximate surface area is 255 Å². The van der Waals surface area contributed by atoms with Gasteiger partial charge in [-0.25, -0.2) is 4.79 Å². The number of carboxylic acid groups (broad SMARTS) is 1. The largest absolute Gasteiger partial charge is 0.481 e. The zero-order valence-corrected chi connectivity index (χ0v) is 25.2. The van der Waals surface area contributed by atoms with Crippen molar-refractivity contribution in [2.75, 3.05) is 7.11 Å². The number of ether oxygens (including phenoxy) is 1. The number of carbonyl (C=O) groups excluding carboxylic acids is 2. The van der Waals surface area contributed by atoms with Crippen molar-refractivity contribution in [3.8, 4) is 11.1 Å². The Kier molecular flexibility index (Phi) is 8.31. The first-order valence-electron chi connectivity index (χ1n) is 14.1. The van der Waals surface area contributed by atoms with E-state index in [0.29, 0.717) is 27.9 Å². The first-order chi connectivity index (χ1) is 21.0. The van der Waals surface area contributed by atoms with Crippen LogP contribution in [-0.4, -0.2) is 44.9 Å². The number of carbonyl (C=O) groups is 3. The number of aliphatic carboxylic acids is 1. The van der Waals surface area contributed by atoms with Crippen LogP contribution >= 0.6 is 0 Å². The quantitative estimate of drug-likeness (QED) is 0.193. The van der Waals surface area contributed by atoms with Crippen molar-refractivity contribution in [3.63, 3.8) is 0 Å². The van der Waals surface area contributed by atoms with Crippen molar-refractivity contribution < 1.29 is 28.6 Å². The fourth-order valence-electron chi connectivity index (χ4n) is 5.02. The summed E-state index contributed by atoms with van der Waals surface area (Å²) in [5.74, 6) is -1.27. The van der Waals surface area contributed by atoms with E-state index in [9.17, 15) is 19.5 Å². The molecular weight excluding hydrogens is 558 g/mol. The molecule has 1 amide bonds. The lowest BCUT2D eigenvalue weighted by Gasteiger charge is -2.24. The van der Waals surface area contributed by atoms with Gasteiger partial charge in [0, 0.05) is 18.4 Å². The van der Waals surface area contributed by atoms with Gasteiger partial charge in [0.1, 0.15) is 11.3 Å². The number of rotatable bonds is 9. The predicted molar refractivity (Wildman–Crippen MR) is 165 cm³/mol. The van der Waals surface area contributed by atoms with Crippen LogP contribution < -0.4 is 0 Å². The van der Waals surface area contributed by atoms with Gasteiger partial charge in [0.15, 0.2) is 0 Å². The normalized spacial score (nSPS) is 11.4. The molecule has 3 heterocycles. The maximum absolute atomic E-state index is 14.3. The first kappa shape index (κ1) is 30.2. The highest BCUT2D eigenvalue weighted by atomic mass is 16.5. The number of aromatic nitrogens is 2. The number of hydrogen-bond acceptors (Lipinski definition) is 7. The molecule has 224 valence electrons. The van der Waals surface area contributed by atoms with E-state index >= 15 is 0 Å². The highest BCUT2D eigenvalue weighted by molar-refractivity contribution is 6.06. The monoisotopic (exact) mass is 591 g/mol. The highest BCUT2D eigenvalue weighted by Gasteiger charge is 2.29. The lowest BCUT2D eigenvalue weighted by molar-refractivity contribution is -0.142. The smallest absolute Gasteiger partial charge is 0.373 e. The molecule has 0 aliphatic heterocycles. The van der Waals surface area contributed by atoms with Gasteiger partial charge >= 0.3 is 11.9 Å². The van der Waals surface area contributed by atoms with Gasteiger partial charge < -0.3 is 19.2 Å². The molecule has 0 saturated heterocycles. The Bertz CT molecular complexity index is 1870. The summed E-state index contributed by atoms with van der Waals surface area (Å²) < 4.78 is 10.5. The number of aryl methyl sites for hydroxylation is 1. The molecule has 5 rings (SSSR count). The van der Waals surface area contributed by atoms with Crippen molar-refractivity contribution in [2.24, 2.45) is 0 Å². The van der Waals surface area contributed by atoms with Crippen molar-refractivity contribution in [3.05, 3.63) is 118 Å². The van der Waals surface area contributed by atoms with Crippen LogP contribution in [0.1, 0.15) is 62.9 Å². The van der Waals surface area contributed by atoms with Crippen molar-refractivity contribution >= 4 is 28.9 Å². The number of esters is 1. The number of carboxylic acids is 1. The average molecular weight is 592 g/mol. The van der Waals surface area contributed by atoms with Crippen LogP contribution in [0.2, 0.25) is 0 Å². The molecule has 0 spiro atoms. The lowest BCUT2D eigenvalue weighted by atomic mass is 9.83. The minimum absolute atomic E-state index is 0.0515. The number of pyridine rings is 2. The molecule has 2 aromatic carbocycles. The summed E-state index contributed by atoms with van der Waals surface area (Å²) in [6, 6.07) is 22.1. The minimum atomic E-state index is -1.03. The molecule has 1 N–H and O–H groups in total. The van der Waals surface area contributed by atoms with Crippen LogP contribution in [0.15, 0.2) is 83.4 Å². The van der Waals surface area contributed by atoms with Gasteiger partial charge in [-0.3, -0.25) is 19.6 Å². The minimum Gasteiger partial charge on any atom is -0.481 e. The SMILES string of the molecule is COC(=O)c1ccc(CN(Cc2ccc(-c3cccc(C(C)(C)C(=O)O)c3)cc2)C(=O)c2c(C)c(C)nc3cccnc23)o1. The average Bonchev–Trinajstić information content (AvgIpc) is 3.49. The van der Waals surface area contributed by atoms with E-state index in [4.69, 9.17) is 9.15 Å². The van der Waals surface area contributed by atoms with E-state index in [-0.39, 0.29) is 24.8 Å². The highest BCUT2D eigenvalue weighted by Crippen LogP contribution is 2.29. The van der Waals surface area contributed by atoms with Gasteiger partial charge in [0.25, 0.3) is 5.91 Å². The Morgan fingerprint density at radius 3 is 2.39 bits per heavy atom. The zero-order valence-electron chi connectivity index (χ0n) is 25.2. The number of methoxy groups -OCH3 is 1. The topological polar surface area (TPSA) is 123 Å². The second-order valence-corrected chi connectivity index (χ2v) is 11.2. The van der Waals surface area contributed by atoms with Crippen LogP contribution in [0.4, 0.5) is 0 Å². The third-order valence-corrected chi connectivity index (χ3v) is 7.90. The fourth-order valence-corrected chi connectivity index (χ4v) is 5.02. The molecule has 0 fully saturated rings. The second-order valence-electron chi connectivity index (χ2n) is 11.2. The van der Waals surface area contributed by atoms with Crippen molar-refractivity contribution in [2.45, 2.75) is 46.2 Å². The number of furan rings is 1.